The number of carboxylic acids is 4. The number of hydrogen-bond acceptors (Lipinski definition) is 6. The van der Waals surface area contributed by atoms with Gasteiger partial charge >= 0.3 is 40.4 Å². The van der Waals surface area contributed by atoms with Crippen molar-refractivity contribution >= 4 is 68.2 Å². The zero-order chi connectivity index (χ0) is 34.9. The van der Waals surface area contributed by atoms with Crippen LogP contribution in [0.4, 0.5) is 0 Å². The Bertz CT molecular complexity index is 2100. The van der Waals surface area contributed by atoms with Gasteiger partial charge in [0.05, 0.1) is 22.8 Å². The summed E-state index contributed by atoms with van der Waals surface area (Å²) >= 11 is 0. The van der Waals surface area contributed by atoms with Gasteiger partial charge in [-0.3, -0.25) is 19.2 Å². The molecule has 0 fully saturated rings. The van der Waals surface area contributed by atoms with E-state index in [1.165, 1.54) is 0 Å². The van der Waals surface area contributed by atoms with E-state index in [0.29, 0.717) is 44.8 Å². The molecule has 0 amide bonds. The maximum Gasteiger partial charge on any atom is 2.00 e. The van der Waals surface area contributed by atoms with Gasteiger partial charge in [0.15, 0.2) is 0 Å². The van der Waals surface area contributed by atoms with Crippen LogP contribution in [0.25, 0.3) is 44.4 Å². The molecule has 2 aliphatic heterocycles. The van der Waals surface area contributed by atoms with Gasteiger partial charge in [-0.15, -0.1) is 22.1 Å². The third-order valence-electron chi connectivity index (χ3n) is 9.00. The smallest absolute Gasteiger partial charge is 0.657 e. The average Bonchev–Trinajstić information content (AvgIpc) is 3.66. The van der Waals surface area contributed by atoms with Crippen LogP contribution in [0.2, 0.25) is 0 Å². The maximum absolute atomic E-state index is 11.6. The fourth-order valence-corrected chi connectivity index (χ4v) is 6.26. The third kappa shape index (κ3) is 8.00. The minimum absolute atomic E-state index is 0. The second-order valence-electron chi connectivity index (χ2n) is 12.1. The summed E-state index contributed by atoms with van der Waals surface area (Å²) in [7, 11) is 0. The Hall–Kier alpha value is -5.03. The van der Waals surface area contributed by atoms with Crippen LogP contribution in [-0.4, -0.2) is 54.3 Å². The van der Waals surface area contributed by atoms with Gasteiger partial charge in [-0.1, -0.05) is 40.5 Å². The summed E-state index contributed by atoms with van der Waals surface area (Å²) in [4.78, 5) is 65.9. The van der Waals surface area contributed by atoms with Crippen molar-refractivity contribution in [3.8, 4) is 0 Å². The normalized spacial score (nSPS) is 12.7. The molecule has 0 aliphatic carbocycles. The van der Waals surface area contributed by atoms with Crippen molar-refractivity contribution in [3.63, 3.8) is 0 Å². The Morgan fingerprint density at radius 3 is 1.31 bits per heavy atom. The van der Waals surface area contributed by atoms with Gasteiger partial charge in [-0.05, 0) is 81.7 Å². The second kappa shape index (κ2) is 15.0. The standard InChI is InChI=1S/C36H38N4O8.Ni/c1-17-21(5-9-33(41)42)29-14-26-19(3)23(7-11-35(45)46)31(39-26)16-28-20(4)24(8-12-36(47)48)32(40-28)15-27-18(2)22(6-10-34(43)44)30(38-27)13-25(17)37-29;/h13-16H,5-12H2,1-4H3,(H6,37,38,39,40,41,42,43,44,45,46,47,48);/q;+2/p-2. The molecule has 49 heavy (non-hydrogen) atoms. The first kappa shape index (κ1) is 36.8. The van der Waals surface area contributed by atoms with E-state index in [4.69, 9.17) is 19.9 Å². The van der Waals surface area contributed by atoms with E-state index in [9.17, 15) is 39.6 Å². The summed E-state index contributed by atoms with van der Waals surface area (Å²) in [5.74, 6) is -3.82. The van der Waals surface area contributed by atoms with Crippen molar-refractivity contribution in [3.05, 3.63) is 69.3 Å². The molecule has 12 nitrogen and oxygen atoms in total. The van der Waals surface area contributed by atoms with Gasteiger partial charge in [0.25, 0.3) is 0 Å². The van der Waals surface area contributed by atoms with Crippen LogP contribution in [-0.2, 0) is 48.5 Å². The number of fused-ring (bicyclic) bond motifs is 8. The number of hydrogen-bond donors (Lipinski definition) is 4. The molecule has 0 saturated carbocycles. The predicted octanol–water partition coefficient (Wildman–Crippen LogP) is 5.81. The molecule has 0 atom stereocenters. The molecule has 4 N–H and O–H groups in total. The van der Waals surface area contributed by atoms with Crippen LogP contribution in [0.15, 0.2) is 24.3 Å². The van der Waals surface area contributed by atoms with Gasteiger partial charge < -0.3 is 30.4 Å². The van der Waals surface area contributed by atoms with Gasteiger partial charge in [0.2, 0.25) is 0 Å². The van der Waals surface area contributed by atoms with Crippen molar-refractivity contribution in [2.75, 3.05) is 0 Å². The monoisotopic (exact) mass is 710 g/mol. The fourth-order valence-electron chi connectivity index (χ4n) is 6.26. The van der Waals surface area contributed by atoms with Crippen LogP contribution in [0.3, 0.4) is 0 Å². The number of rotatable bonds is 12. The molecule has 258 valence electrons. The Kier molecular flexibility index (Phi) is 11.3. The van der Waals surface area contributed by atoms with Gasteiger partial charge in [-0.25, -0.2) is 9.97 Å². The van der Waals surface area contributed by atoms with E-state index in [1.54, 1.807) is 24.3 Å². The van der Waals surface area contributed by atoms with Crippen molar-refractivity contribution in [2.24, 2.45) is 0 Å². The molecule has 5 heterocycles. The van der Waals surface area contributed by atoms with Crippen molar-refractivity contribution in [2.45, 2.75) is 79.1 Å². The van der Waals surface area contributed by atoms with Crippen LogP contribution in [0.5, 0.6) is 0 Å². The third-order valence-corrected chi connectivity index (χ3v) is 9.00. The van der Waals surface area contributed by atoms with Crippen molar-refractivity contribution in [1.29, 1.82) is 0 Å². The molecular weight excluding hydrogens is 675 g/mol. The number of carbonyl (C=O) groups is 4. The van der Waals surface area contributed by atoms with Gasteiger partial charge in [0, 0.05) is 25.7 Å². The molecule has 0 radical (unpaired) electrons. The van der Waals surface area contributed by atoms with E-state index < -0.39 is 23.9 Å². The Balaban J connectivity index is 0.00000541. The first-order valence-electron chi connectivity index (χ1n) is 15.6. The van der Waals surface area contributed by atoms with Crippen LogP contribution >= 0.6 is 0 Å². The molecule has 0 spiro atoms. The van der Waals surface area contributed by atoms with E-state index in [2.05, 4.69) is 0 Å². The van der Waals surface area contributed by atoms with E-state index in [1.807, 2.05) is 27.7 Å². The number of carboxylic acid groups (broad SMARTS) is 4. The van der Waals surface area contributed by atoms with Crippen LogP contribution in [0.1, 0.15) is 97.4 Å². The first-order valence-corrected chi connectivity index (χ1v) is 15.6. The van der Waals surface area contributed by atoms with E-state index in [-0.39, 0.29) is 67.9 Å². The molecule has 8 bridgehead atoms. The molecule has 5 rings (SSSR count). The second-order valence-corrected chi connectivity index (χ2v) is 12.1. The maximum atomic E-state index is 11.6. The molecule has 13 heteroatoms. The molecular formula is C36H36N4NiO8. The molecule has 0 aromatic carbocycles. The zero-order valence-corrected chi connectivity index (χ0v) is 28.5. The topological polar surface area (TPSA) is 203 Å². The van der Waals surface area contributed by atoms with Gasteiger partial charge in [0.1, 0.15) is 0 Å². The average molecular weight is 711 g/mol. The SMILES string of the molecule is CC1=C(CCC(=O)O)c2cc3nc(cc4[n-]c(cc5[n-]c(cc1n2)c(CCC(=O)O)c5C)c(CCC(=O)O)c4C)C(CCC(=O)O)=C3C.[Ni+2]. The molecule has 3 aromatic rings. The largest absolute Gasteiger partial charge is 2.00 e. The molecule has 0 saturated heterocycles. The zero-order valence-electron chi connectivity index (χ0n) is 27.5. The van der Waals surface area contributed by atoms with Crippen molar-refractivity contribution in [1.82, 2.24) is 19.9 Å². The molecule has 3 aromatic heterocycles. The summed E-state index contributed by atoms with van der Waals surface area (Å²) < 4.78 is 0. The number of nitrogens with zero attached hydrogens (tertiary/aromatic N) is 4. The summed E-state index contributed by atoms with van der Waals surface area (Å²) in [6.07, 6.45) is 0.401. The van der Waals surface area contributed by atoms with Gasteiger partial charge in [-0.2, -0.15) is 0 Å². The minimum atomic E-state index is -0.954. The Morgan fingerprint density at radius 2 is 0.857 bits per heavy atom. The molecule has 0 unspecified atom stereocenters. The Labute approximate surface area is 292 Å². The van der Waals surface area contributed by atoms with E-state index in [0.717, 1.165) is 44.5 Å². The fraction of sp³-hybridized carbons (Fsp3) is 0.333. The van der Waals surface area contributed by atoms with Crippen LogP contribution in [0, 0.1) is 13.8 Å². The summed E-state index contributed by atoms with van der Waals surface area (Å²) in [5.41, 5.74) is 10.3. The summed E-state index contributed by atoms with van der Waals surface area (Å²) in [5, 5.41) is 37.9. The predicted molar refractivity (Wildman–Crippen MR) is 179 cm³/mol. The van der Waals surface area contributed by atoms with Crippen molar-refractivity contribution < 1.29 is 56.1 Å². The number of aryl methyl sites for hydroxylation is 4. The number of aromatic nitrogens is 4. The molecule has 2 aliphatic rings. The summed E-state index contributed by atoms with van der Waals surface area (Å²) in [6.45, 7) is 7.43. The summed E-state index contributed by atoms with van der Waals surface area (Å²) in [6, 6.07) is 7.14. The number of allylic oxidation sites excluding steroid dienone is 4. The first-order chi connectivity index (χ1) is 22.7. The van der Waals surface area contributed by atoms with Crippen LogP contribution < -0.4 is 9.97 Å². The quantitative estimate of drug-likeness (QED) is 0.164. The Morgan fingerprint density at radius 1 is 0.510 bits per heavy atom. The van der Waals surface area contributed by atoms with E-state index >= 15 is 0 Å². The minimum Gasteiger partial charge on any atom is -0.657 e. The number of aliphatic carboxylic acids is 4.